The van der Waals surface area contributed by atoms with Gasteiger partial charge in [-0.15, -0.1) is 11.3 Å². The molecule has 0 saturated carbocycles. The Hall–Kier alpha value is -2.30. The number of likely N-dealkylation sites (N-methyl/N-ethyl adjacent to an activating group) is 1. The van der Waals surface area contributed by atoms with Crippen LogP contribution in [0.2, 0.25) is 0 Å². The van der Waals surface area contributed by atoms with Gasteiger partial charge in [0.15, 0.2) is 20.8 Å². The third-order valence-corrected chi connectivity index (χ3v) is 9.09. The van der Waals surface area contributed by atoms with Gasteiger partial charge in [-0.2, -0.15) is 5.10 Å². The Morgan fingerprint density at radius 3 is 2.55 bits per heavy atom. The molecule has 0 amide bonds. The highest BCUT2D eigenvalue weighted by atomic mass is 32.2. The molecule has 3 aromatic heterocycles. The van der Waals surface area contributed by atoms with Crippen molar-refractivity contribution in [3.8, 4) is 5.13 Å². The van der Waals surface area contributed by atoms with Crippen molar-refractivity contribution in [2.45, 2.75) is 53.6 Å². The number of rotatable bonds is 7. The molecular formula is C23H31N5O3S2. The summed E-state index contributed by atoms with van der Waals surface area (Å²) in [5, 5.41) is 7.53. The summed E-state index contributed by atoms with van der Waals surface area (Å²) in [7, 11) is -1.05. The van der Waals surface area contributed by atoms with Crippen LogP contribution in [-0.4, -0.2) is 63.5 Å². The molecule has 1 fully saturated rings. The molecule has 1 atom stereocenters. The number of aryl methyl sites for hydroxylation is 3. The van der Waals surface area contributed by atoms with Crippen LogP contribution in [0.5, 0.6) is 0 Å². The second-order valence-corrected chi connectivity index (χ2v) is 12.2. The summed E-state index contributed by atoms with van der Waals surface area (Å²) in [5.41, 5.74) is 6.50. The molecule has 0 radical (unpaired) electrons. The summed E-state index contributed by atoms with van der Waals surface area (Å²) in [4.78, 5) is 19.7. The molecule has 3 aromatic rings. The van der Waals surface area contributed by atoms with E-state index in [0.29, 0.717) is 18.5 Å². The highest BCUT2D eigenvalue weighted by molar-refractivity contribution is 7.91. The molecule has 33 heavy (non-hydrogen) atoms. The van der Waals surface area contributed by atoms with E-state index < -0.39 is 9.84 Å². The zero-order chi connectivity index (χ0) is 24.1. The maximum Gasteiger partial charge on any atom is 0.194 e. The van der Waals surface area contributed by atoms with E-state index in [1.165, 1.54) is 0 Å². The highest BCUT2D eigenvalue weighted by Gasteiger charge is 2.31. The zero-order valence-electron chi connectivity index (χ0n) is 20.0. The lowest BCUT2D eigenvalue weighted by molar-refractivity contribution is 0.0942. The van der Waals surface area contributed by atoms with Crippen LogP contribution in [0.25, 0.3) is 5.13 Å². The smallest absolute Gasteiger partial charge is 0.194 e. The summed E-state index contributed by atoms with van der Waals surface area (Å²) >= 11 is 1.57. The number of ketones is 1. The van der Waals surface area contributed by atoms with Crippen molar-refractivity contribution in [3.05, 3.63) is 51.0 Å². The third-order valence-electron chi connectivity index (χ3n) is 6.40. The summed E-state index contributed by atoms with van der Waals surface area (Å²) in [5.74, 6) is 0.435. The lowest BCUT2D eigenvalue weighted by Crippen LogP contribution is -2.26. The van der Waals surface area contributed by atoms with Gasteiger partial charge in [-0.1, -0.05) is 0 Å². The van der Waals surface area contributed by atoms with Gasteiger partial charge in [0.05, 0.1) is 35.5 Å². The molecule has 0 bridgehead atoms. The highest BCUT2D eigenvalue weighted by Crippen LogP contribution is 2.28. The van der Waals surface area contributed by atoms with Gasteiger partial charge in [0.25, 0.3) is 0 Å². The lowest BCUT2D eigenvalue weighted by Gasteiger charge is -2.17. The molecule has 4 heterocycles. The SMILES string of the molecule is Cc1csc(-n2c(C)cc(C(=O)CN(C)Cc3c(C)nn([C@@H]4CCS(=O)(=O)C4)c3C)c2C)n1. The third kappa shape index (κ3) is 4.69. The van der Waals surface area contributed by atoms with Gasteiger partial charge < -0.3 is 0 Å². The Labute approximate surface area is 199 Å². The Balaban J connectivity index is 1.49. The Bertz CT molecular complexity index is 1320. The number of hydrogen-bond donors (Lipinski definition) is 0. The standard InChI is InChI=1S/C23H31N5O3S2/c1-14-12-32-23(24-14)27-15(2)9-20(17(27)4)22(29)11-26(6)10-21-16(3)25-28(18(21)5)19-7-8-33(30,31)13-19/h9,12,19H,7-8,10-11,13H2,1-6H3/t19-/m1/s1. The first-order valence-electron chi connectivity index (χ1n) is 11.0. The fourth-order valence-electron chi connectivity index (χ4n) is 4.69. The van der Waals surface area contributed by atoms with Crippen molar-refractivity contribution < 1.29 is 13.2 Å². The normalized spacial score (nSPS) is 17.8. The number of carbonyl (C=O) groups excluding carboxylic acids is 1. The molecule has 0 aliphatic carbocycles. The maximum absolute atomic E-state index is 13.2. The molecule has 1 saturated heterocycles. The first kappa shape index (κ1) is 23.8. The van der Waals surface area contributed by atoms with E-state index in [0.717, 1.165) is 39.2 Å². The van der Waals surface area contributed by atoms with Crippen LogP contribution < -0.4 is 0 Å². The van der Waals surface area contributed by atoms with Crippen molar-refractivity contribution in [2.24, 2.45) is 0 Å². The van der Waals surface area contributed by atoms with Gasteiger partial charge in [0.1, 0.15) is 0 Å². The Kier molecular flexibility index (Phi) is 6.36. The minimum Gasteiger partial charge on any atom is -0.294 e. The van der Waals surface area contributed by atoms with Crippen molar-refractivity contribution in [3.63, 3.8) is 0 Å². The minimum atomic E-state index is -2.98. The predicted octanol–water partition coefficient (Wildman–Crippen LogP) is 3.35. The number of thiazole rings is 1. The fraction of sp³-hybridized carbons (Fsp3) is 0.522. The van der Waals surface area contributed by atoms with Crippen LogP contribution in [-0.2, 0) is 16.4 Å². The van der Waals surface area contributed by atoms with E-state index in [4.69, 9.17) is 0 Å². The van der Waals surface area contributed by atoms with Gasteiger partial charge >= 0.3 is 0 Å². The average molecular weight is 490 g/mol. The maximum atomic E-state index is 13.2. The largest absolute Gasteiger partial charge is 0.294 e. The van der Waals surface area contributed by atoms with Crippen LogP contribution in [0, 0.1) is 34.6 Å². The van der Waals surface area contributed by atoms with Crippen LogP contribution in [0.1, 0.15) is 56.9 Å². The molecule has 10 heteroatoms. The molecule has 1 aliphatic heterocycles. The average Bonchev–Trinajstić information content (AvgIpc) is 3.45. The molecule has 0 aromatic carbocycles. The number of sulfone groups is 1. The van der Waals surface area contributed by atoms with Crippen molar-refractivity contribution in [1.29, 1.82) is 0 Å². The monoisotopic (exact) mass is 489 g/mol. The van der Waals surface area contributed by atoms with Crippen LogP contribution in [0.4, 0.5) is 0 Å². The quantitative estimate of drug-likeness (QED) is 0.473. The molecule has 4 rings (SSSR count). The topological polar surface area (TPSA) is 90.1 Å². The van der Waals surface area contributed by atoms with Crippen LogP contribution in [0.3, 0.4) is 0 Å². The summed E-state index contributed by atoms with van der Waals surface area (Å²) < 4.78 is 27.7. The number of nitrogens with zero attached hydrogens (tertiary/aromatic N) is 5. The van der Waals surface area contributed by atoms with E-state index in [-0.39, 0.29) is 29.9 Å². The first-order chi connectivity index (χ1) is 15.5. The summed E-state index contributed by atoms with van der Waals surface area (Å²) in [6, 6.07) is 1.84. The lowest BCUT2D eigenvalue weighted by atomic mass is 10.1. The minimum absolute atomic E-state index is 0.0645. The molecule has 0 spiro atoms. The van der Waals surface area contributed by atoms with Crippen molar-refractivity contribution >= 4 is 27.0 Å². The van der Waals surface area contributed by atoms with Crippen LogP contribution >= 0.6 is 11.3 Å². The second kappa shape index (κ2) is 8.81. The van der Waals surface area contributed by atoms with E-state index in [9.17, 15) is 13.2 Å². The molecule has 0 N–H and O–H groups in total. The van der Waals surface area contributed by atoms with Gasteiger partial charge in [-0.3, -0.25) is 18.9 Å². The number of hydrogen-bond acceptors (Lipinski definition) is 7. The first-order valence-corrected chi connectivity index (χ1v) is 13.7. The molecule has 178 valence electrons. The number of Topliss-reactive ketones (excluding diaryl/α,β-unsaturated/α-hetero) is 1. The van der Waals surface area contributed by atoms with Gasteiger partial charge in [-0.25, -0.2) is 13.4 Å². The summed E-state index contributed by atoms with van der Waals surface area (Å²) in [6.07, 6.45) is 0.603. The fourth-order valence-corrected chi connectivity index (χ4v) is 7.29. The summed E-state index contributed by atoms with van der Waals surface area (Å²) in [6.45, 7) is 10.7. The Morgan fingerprint density at radius 1 is 1.21 bits per heavy atom. The molecule has 0 unspecified atom stereocenters. The second-order valence-electron chi connectivity index (χ2n) is 9.14. The number of aromatic nitrogens is 4. The zero-order valence-corrected chi connectivity index (χ0v) is 21.7. The van der Waals surface area contributed by atoms with Gasteiger partial charge in [0, 0.05) is 40.1 Å². The van der Waals surface area contributed by atoms with Gasteiger partial charge in [0.2, 0.25) is 0 Å². The van der Waals surface area contributed by atoms with Crippen LogP contribution in [0.15, 0.2) is 11.4 Å². The van der Waals surface area contributed by atoms with Crippen molar-refractivity contribution in [2.75, 3.05) is 25.1 Å². The molecule has 8 nitrogen and oxygen atoms in total. The van der Waals surface area contributed by atoms with E-state index >= 15 is 0 Å². The van der Waals surface area contributed by atoms with E-state index in [2.05, 4.69) is 10.1 Å². The molecule has 1 aliphatic rings. The number of carbonyl (C=O) groups is 1. The van der Waals surface area contributed by atoms with E-state index in [1.54, 1.807) is 11.3 Å². The Morgan fingerprint density at radius 2 is 1.94 bits per heavy atom. The molecular weight excluding hydrogens is 458 g/mol. The van der Waals surface area contributed by atoms with Crippen molar-refractivity contribution in [1.82, 2.24) is 24.2 Å². The van der Waals surface area contributed by atoms with Gasteiger partial charge in [-0.05, 0) is 54.2 Å². The predicted molar refractivity (Wildman–Crippen MR) is 130 cm³/mol. The van der Waals surface area contributed by atoms with E-state index in [1.807, 2.05) is 67.3 Å².